The number of allylic oxidation sites excluding steroid dienone is 4. The van der Waals surface area contributed by atoms with Crippen LogP contribution < -0.4 is 4.74 Å². The Kier molecular flexibility index (Phi) is 4.74. The molecule has 0 atom stereocenters. The van der Waals surface area contributed by atoms with Gasteiger partial charge in [0.1, 0.15) is 0 Å². The van der Waals surface area contributed by atoms with Gasteiger partial charge in [-0.05, 0) is 29.0 Å². The Labute approximate surface area is 143 Å². The number of methoxy groups -OCH3 is 1. The topological polar surface area (TPSA) is 64.4 Å². The lowest BCUT2D eigenvalue weighted by atomic mass is 9.72. The molecule has 5 heteroatoms. The van der Waals surface area contributed by atoms with Gasteiger partial charge in [-0.3, -0.25) is 4.79 Å². The molecule has 1 heterocycles. The van der Waals surface area contributed by atoms with Crippen LogP contribution in [0.1, 0.15) is 41.5 Å². The normalized spacial score (nSPS) is 15.8. The number of nitrogens with zero attached hydrogens (tertiary/aromatic N) is 3. The molecule has 0 amide bonds. The maximum atomic E-state index is 12.9. The van der Waals surface area contributed by atoms with E-state index < -0.39 is 0 Å². The molecule has 0 saturated heterocycles. The highest BCUT2D eigenvalue weighted by Crippen LogP contribution is 2.37. The quantitative estimate of drug-likeness (QED) is 0.768. The lowest BCUT2D eigenvalue weighted by Crippen LogP contribution is -2.29. The van der Waals surface area contributed by atoms with Crippen molar-refractivity contribution in [1.29, 1.82) is 0 Å². The van der Waals surface area contributed by atoms with Gasteiger partial charge in [-0.25, -0.2) is 4.99 Å². The second-order valence-electron chi connectivity index (χ2n) is 7.92. The van der Waals surface area contributed by atoms with Crippen molar-refractivity contribution in [2.24, 2.45) is 15.8 Å². The predicted molar refractivity (Wildman–Crippen MR) is 95.8 cm³/mol. The van der Waals surface area contributed by atoms with Crippen LogP contribution in [0, 0.1) is 10.8 Å². The second kappa shape index (κ2) is 6.30. The summed E-state index contributed by atoms with van der Waals surface area (Å²) in [6.45, 7) is 12.2. The number of hydrogen-bond acceptors (Lipinski definition) is 5. The van der Waals surface area contributed by atoms with Crippen LogP contribution in [0.4, 0.5) is 5.82 Å². The summed E-state index contributed by atoms with van der Waals surface area (Å²) in [7, 11) is 1.54. The van der Waals surface area contributed by atoms with E-state index in [9.17, 15) is 4.79 Å². The van der Waals surface area contributed by atoms with Crippen LogP contribution in [0.15, 0.2) is 40.4 Å². The van der Waals surface area contributed by atoms with Crippen molar-refractivity contribution >= 4 is 17.3 Å². The van der Waals surface area contributed by atoms with Gasteiger partial charge in [-0.2, -0.15) is 0 Å². The van der Waals surface area contributed by atoms with E-state index in [4.69, 9.17) is 4.74 Å². The van der Waals surface area contributed by atoms with Gasteiger partial charge in [0, 0.05) is 17.2 Å². The minimum atomic E-state index is -0.256. The van der Waals surface area contributed by atoms with Crippen LogP contribution in [0.3, 0.4) is 0 Å². The number of Topliss-reactive ketones (excluding diaryl/α,β-unsaturated/α-hetero) is 1. The monoisotopic (exact) mass is 327 g/mol. The van der Waals surface area contributed by atoms with E-state index >= 15 is 0 Å². The van der Waals surface area contributed by atoms with Gasteiger partial charge in [0.2, 0.25) is 5.88 Å². The van der Waals surface area contributed by atoms with Gasteiger partial charge in [0.15, 0.2) is 11.6 Å². The zero-order valence-corrected chi connectivity index (χ0v) is 15.5. The first-order valence-electron chi connectivity index (χ1n) is 7.98. The van der Waals surface area contributed by atoms with Gasteiger partial charge < -0.3 is 4.74 Å². The van der Waals surface area contributed by atoms with Gasteiger partial charge in [-0.15, -0.1) is 10.2 Å². The maximum absolute atomic E-state index is 12.9. The molecule has 1 aromatic heterocycles. The Morgan fingerprint density at radius 2 is 1.46 bits per heavy atom. The number of rotatable bonds is 2. The molecule has 0 aromatic carbocycles. The molecule has 0 saturated carbocycles. The van der Waals surface area contributed by atoms with Crippen molar-refractivity contribution in [1.82, 2.24) is 10.2 Å². The van der Waals surface area contributed by atoms with Crippen LogP contribution >= 0.6 is 0 Å². The van der Waals surface area contributed by atoms with Crippen molar-refractivity contribution in [2.75, 3.05) is 7.11 Å². The summed E-state index contributed by atoms with van der Waals surface area (Å²) in [6.07, 6.45) is 3.70. The highest BCUT2D eigenvalue weighted by atomic mass is 16.5. The van der Waals surface area contributed by atoms with E-state index in [0.717, 1.165) is 11.1 Å². The van der Waals surface area contributed by atoms with E-state index in [2.05, 4.69) is 15.2 Å². The molecular weight excluding hydrogens is 302 g/mol. The zero-order valence-electron chi connectivity index (χ0n) is 15.5. The Morgan fingerprint density at radius 1 is 0.917 bits per heavy atom. The van der Waals surface area contributed by atoms with Crippen molar-refractivity contribution in [3.63, 3.8) is 0 Å². The summed E-state index contributed by atoms with van der Waals surface area (Å²) in [5, 5.41) is 7.96. The first-order valence-corrected chi connectivity index (χ1v) is 7.98. The molecule has 0 spiro atoms. The molecule has 0 aliphatic heterocycles. The highest BCUT2D eigenvalue weighted by Gasteiger charge is 2.34. The third-order valence-corrected chi connectivity index (χ3v) is 3.77. The van der Waals surface area contributed by atoms with Gasteiger partial charge in [-0.1, -0.05) is 41.5 Å². The third kappa shape index (κ3) is 3.96. The lowest BCUT2D eigenvalue weighted by Gasteiger charge is -2.30. The number of hydrogen-bond donors (Lipinski definition) is 0. The zero-order chi connectivity index (χ0) is 18.1. The molecule has 5 nitrogen and oxygen atoms in total. The van der Waals surface area contributed by atoms with Crippen LogP contribution in [0.25, 0.3) is 0 Å². The van der Waals surface area contributed by atoms with Crippen LogP contribution in [-0.4, -0.2) is 28.8 Å². The third-order valence-electron chi connectivity index (χ3n) is 3.77. The average molecular weight is 327 g/mol. The van der Waals surface area contributed by atoms with Crippen molar-refractivity contribution in [3.8, 4) is 5.88 Å². The van der Waals surface area contributed by atoms with E-state index in [1.54, 1.807) is 19.2 Å². The van der Waals surface area contributed by atoms with Crippen molar-refractivity contribution in [2.45, 2.75) is 41.5 Å². The molecular formula is C19H25N3O2. The summed E-state index contributed by atoms with van der Waals surface area (Å²) < 4.78 is 5.01. The summed E-state index contributed by atoms with van der Waals surface area (Å²) in [5.74, 6) is 1.01. The number of carbonyl (C=O) groups excluding carboxylic acids is 1. The van der Waals surface area contributed by atoms with Gasteiger partial charge >= 0.3 is 0 Å². The Balaban J connectivity index is 2.52. The Morgan fingerprint density at radius 3 is 1.83 bits per heavy atom. The van der Waals surface area contributed by atoms with Crippen LogP contribution in [0.2, 0.25) is 0 Å². The molecule has 0 fully saturated rings. The average Bonchev–Trinajstić information content (AvgIpc) is 2.47. The molecule has 0 radical (unpaired) electrons. The second-order valence-corrected chi connectivity index (χ2v) is 7.92. The van der Waals surface area contributed by atoms with Gasteiger partial charge in [0.25, 0.3) is 0 Å². The number of ether oxygens (including phenoxy) is 1. The standard InChI is InChI=1S/C19H25N3O2/c1-18(2,3)13-10-12(11-14(17(13)23)19(4,5)6)20-15-8-9-16(24-7)22-21-15/h8-11H,1-7H3. The molecule has 1 aliphatic rings. The molecule has 0 N–H and O–H groups in total. The first kappa shape index (κ1) is 18.0. The number of aliphatic imine (C=N–C) groups is 1. The molecule has 1 aliphatic carbocycles. The van der Waals surface area contributed by atoms with E-state index in [-0.39, 0.29) is 16.6 Å². The summed E-state index contributed by atoms with van der Waals surface area (Å²) in [5.41, 5.74) is 1.72. The predicted octanol–water partition coefficient (Wildman–Crippen LogP) is 4.09. The first-order chi connectivity index (χ1) is 11.0. The Hall–Kier alpha value is -2.30. The fraction of sp³-hybridized carbons (Fsp3) is 0.474. The smallest absolute Gasteiger partial charge is 0.233 e. The SMILES string of the molecule is COc1ccc(N=C2C=C(C(C)(C)C)C(=O)C(C(C)(C)C)=C2)nn1. The minimum absolute atomic E-state index is 0.0924. The molecule has 0 bridgehead atoms. The summed E-state index contributed by atoms with van der Waals surface area (Å²) in [4.78, 5) is 17.4. The van der Waals surface area contributed by atoms with Crippen molar-refractivity contribution < 1.29 is 9.53 Å². The summed E-state index contributed by atoms with van der Waals surface area (Å²) in [6, 6.07) is 3.45. The number of aromatic nitrogens is 2. The van der Waals surface area contributed by atoms with Crippen LogP contribution in [-0.2, 0) is 4.79 Å². The molecule has 2 rings (SSSR count). The van der Waals surface area contributed by atoms with Gasteiger partial charge in [0.05, 0.1) is 12.8 Å². The number of ketones is 1. The fourth-order valence-electron chi connectivity index (χ4n) is 2.41. The number of carbonyl (C=O) groups is 1. The molecule has 24 heavy (non-hydrogen) atoms. The lowest BCUT2D eigenvalue weighted by molar-refractivity contribution is -0.114. The van der Waals surface area contributed by atoms with Crippen molar-refractivity contribution in [3.05, 3.63) is 35.4 Å². The highest BCUT2D eigenvalue weighted by molar-refractivity contribution is 6.23. The molecule has 1 aromatic rings. The van der Waals surface area contributed by atoms with E-state index in [1.165, 1.54) is 0 Å². The minimum Gasteiger partial charge on any atom is -0.480 e. The van der Waals surface area contributed by atoms with E-state index in [1.807, 2.05) is 53.7 Å². The largest absolute Gasteiger partial charge is 0.480 e. The van der Waals surface area contributed by atoms with E-state index in [0.29, 0.717) is 17.4 Å². The fourth-order valence-corrected chi connectivity index (χ4v) is 2.41. The summed E-state index contributed by atoms with van der Waals surface area (Å²) >= 11 is 0. The Bertz CT molecular complexity index is 691. The molecule has 0 unspecified atom stereocenters. The molecule has 128 valence electrons. The van der Waals surface area contributed by atoms with Crippen LogP contribution in [0.5, 0.6) is 5.88 Å². The maximum Gasteiger partial charge on any atom is 0.233 e.